The number of ether oxygens (including phenoxy) is 1. The van der Waals surface area contributed by atoms with Crippen LogP contribution < -0.4 is 0 Å². The fourth-order valence-electron chi connectivity index (χ4n) is 1.25. The molecule has 0 aromatic rings. The molecule has 90 valence electrons. The SMILES string of the molecule is CC(C)(C)OC=O.OCN1CCCCC1. The maximum Gasteiger partial charge on any atom is 0.293 e. The second kappa shape index (κ2) is 7.65. The highest BCUT2D eigenvalue weighted by atomic mass is 16.5. The molecule has 0 saturated carbocycles. The van der Waals surface area contributed by atoms with Gasteiger partial charge in [0.1, 0.15) is 5.60 Å². The second-order valence-electron chi connectivity index (χ2n) is 4.65. The first-order valence-electron chi connectivity index (χ1n) is 5.44. The first-order chi connectivity index (χ1) is 6.99. The van der Waals surface area contributed by atoms with Crippen molar-refractivity contribution in [3.63, 3.8) is 0 Å². The summed E-state index contributed by atoms with van der Waals surface area (Å²) in [4.78, 5) is 11.7. The Bertz CT molecular complexity index is 160. The molecule has 0 unspecified atom stereocenters. The second-order valence-corrected chi connectivity index (χ2v) is 4.65. The summed E-state index contributed by atoms with van der Waals surface area (Å²) < 4.78 is 4.55. The number of nitrogens with zero attached hydrogens (tertiary/aromatic N) is 1. The molecular formula is C11H23NO3. The fraction of sp³-hybridized carbons (Fsp3) is 0.909. The molecule has 1 saturated heterocycles. The first kappa shape index (κ1) is 14.4. The van der Waals surface area contributed by atoms with Gasteiger partial charge in [-0.15, -0.1) is 0 Å². The molecular weight excluding hydrogens is 194 g/mol. The minimum atomic E-state index is -0.318. The number of likely N-dealkylation sites (tertiary alicyclic amines) is 1. The average Bonchev–Trinajstić information content (AvgIpc) is 2.18. The van der Waals surface area contributed by atoms with Gasteiger partial charge in [-0.05, 0) is 33.6 Å². The number of aliphatic hydroxyl groups is 1. The van der Waals surface area contributed by atoms with Gasteiger partial charge in [-0.25, -0.2) is 0 Å². The molecule has 1 heterocycles. The van der Waals surface area contributed by atoms with E-state index in [1.54, 1.807) is 0 Å². The fourth-order valence-corrected chi connectivity index (χ4v) is 1.25. The third-order valence-corrected chi connectivity index (χ3v) is 2.05. The maximum absolute atomic E-state index is 9.60. The summed E-state index contributed by atoms with van der Waals surface area (Å²) in [6, 6.07) is 0. The Kier molecular flexibility index (Phi) is 7.34. The van der Waals surface area contributed by atoms with E-state index in [0.29, 0.717) is 6.47 Å². The van der Waals surface area contributed by atoms with Gasteiger partial charge in [-0.3, -0.25) is 9.69 Å². The summed E-state index contributed by atoms with van der Waals surface area (Å²) in [6.45, 7) is 8.36. The third-order valence-electron chi connectivity index (χ3n) is 2.05. The van der Waals surface area contributed by atoms with Crippen LogP contribution in [0.2, 0.25) is 0 Å². The van der Waals surface area contributed by atoms with Crippen LogP contribution in [0.4, 0.5) is 0 Å². The highest BCUT2D eigenvalue weighted by Crippen LogP contribution is 2.06. The minimum Gasteiger partial charge on any atom is -0.462 e. The molecule has 0 amide bonds. The summed E-state index contributed by atoms with van der Waals surface area (Å²) in [5.74, 6) is 0. The number of piperidine rings is 1. The van der Waals surface area contributed by atoms with Crippen molar-refractivity contribution in [1.29, 1.82) is 0 Å². The summed E-state index contributed by atoms with van der Waals surface area (Å²) in [5.41, 5.74) is -0.318. The van der Waals surface area contributed by atoms with Crippen LogP contribution in [0.15, 0.2) is 0 Å². The predicted octanol–water partition coefficient (Wildman–Crippen LogP) is 1.38. The molecule has 0 atom stereocenters. The van der Waals surface area contributed by atoms with Gasteiger partial charge in [0.2, 0.25) is 0 Å². The zero-order chi connectivity index (χ0) is 11.7. The molecule has 0 bridgehead atoms. The molecule has 0 aliphatic carbocycles. The molecule has 0 radical (unpaired) electrons. The van der Waals surface area contributed by atoms with Gasteiger partial charge in [-0.2, -0.15) is 0 Å². The molecule has 4 heteroatoms. The van der Waals surface area contributed by atoms with E-state index in [4.69, 9.17) is 5.11 Å². The van der Waals surface area contributed by atoms with E-state index < -0.39 is 0 Å². The van der Waals surface area contributed by atoms with Crippen LogP contribution >= 0.6 is 0 Å². The van der Waals surface area contributed by atoms with Gasteiger partial charge in [0.25, 0.3) is 6.47 Å². The zero-order valence-corrected chi connectivity index (χ0v) is 10.0. The van der Waals surface area contributed by atoms with Crippen molar-refractivity contribution in [3.8, 4) is 0 Å². The minimum absolute atomic E-state index is 0.250. The van der Waals surface area contributed by atoms with Crippen LogP contribution in [0.25, 0.3) is 0 Å². The monoisotopic (exact) mass is 217 g/mol. The lowest BCUT2D eigenvalue weighted by Crippen LogP contribution is -2.30. The Hall–Kier alpha value is -0.610. The van der Waals surface area contributed by atoms with Crippen molar-refractivity contribution in [2.75, 3.05) is 19.8 Å². The Morgan fingerprint density at radius 2 is 1.80 bits per heavy atom. The Morgan fingerprint density at radius 3 is 2.00 bits per heavy atom. The lowest BCUT2D eigenvalue weighted by molar-refractivity contribution is -0.138. The van der Waals surface area contributed by atoms with Crippen LogP contribution in [0.1, 0.15) is 40.0 Å². The van der Waals surface area contributed by atoms with Crippen LogP contribution in [-0.2, 0) is 9.53 Å². The van der Waals surface area contributed by atoms with E-state index >= 15 is 0 Å². The van der Waals surface area contributed by atoms with Crippen LogP contribution in [-0.4, -0.2) is 41.9 Å². The van der Waals surface area contributed by atoms with Crippen LogP contribution in [0.3, 0.4) is 0 Å². The molecule has 1 N–H and O–H groups in total. The van der Waals surface area contributed by atoms with E-state index in [1.165, 1.54) is 19.3 Å². The van der Waals surface area contributed by atoms with Crippen molar-refractivity contribution in [2.45, 2.75) is 45.6 Å². The lowest BCUT2D eigenvalue weighted by Gasteiger charge is -2.23. The normalized spacial score (nSPS) is 17.6. The summed E-state index contributed by atoms with van der Waals surface area (Å²) in [7, 11) is 0. The summed E-state index contributed by atoms with van der Waals surface area (Å²) >= 11 is 0. The van der Waals surface area contributed by atoms with Crippen LogP contribution in [0.5, 0.6) is 0 Å². The summed E-state index contributed by atoms with van der Waals surface area (Å²) in [5, 5.41) is 8.62. The van der Waals surface area contributed by atoms with E-state index in [9.17, 15) is 4.79 Å². The van der Waals surface area contributed by atoms with Crippen molar-refractivity contribution in [3.05, 3.63) is 0 Å². The Labute approximate surface area is 92.2 Å². The van der Waals surface area contributed by atoms with Crippen molar-refractivity contribution in [2.24, 2.45) is 0 Å². The predicted molar refractivity (Wildman–Crippen MR) is 59.4 cm³/mol. The quantitative estimate of drug-likeness (QED) is 0.710. The Balaban J connectivity index is 0.000000265. The maximum atomic E-state index is 9.60. The average molecular weight is 217 g/mol. The van der Waals surface area contributed by atoms with Gasteiger partial charge in [0, 0.05) is 13.1 Å². The lowest BCUT2D eigenvalue weighted by atomic mass is 10.1. The standard InChI is InChI=1S/C6H13NO.C5H10O2/c8-6-7-4-2-1-3-5-7;1-5(2,3)7-4-6/h8H,1-6H2;4H,1-3H3. The number of aliphatic hydroxyl groups excluding tert-OH is 1. The van der Waals surface area contributed by atoms with E-state index in [-0.39, 0.29) is 12.3 Å². The molecule has 1 fully saturated rings. The van der Waals surface area contributed by atoms with Crippen LogP contribution in [0, 0.1) is 0 Å². The highest BCUT2D eigenvalue weighted by Gasteiger charge is 2.07. The molecule has 4 nitrogen and oxygen atoms in total. The zero-order valence-electron chi connectivity index (χ0n) is 10.0. The van der Waals surface area contributed by atoms with Gasteiger partial charge in [-0.1, -0.05) is 6.42 Å². The smallest absolute Gasteiger partial charge is 0.293 e. The molecule has 1 aliphatic rings. The third kappa shape index (κ3) is 9.69. The number of hydrogen-bond acceptors (Lipinski definition) is 4. The molecule has 1 rings (SSSR count). The number of carbonyl (C=O) groups is 1. The number of hydrogen-bond donors (Lipinski definition) is 1. The van der Waals surface area contributed by atoms with E-state index in [0.717, 1.165) is 13.1 Å². The topological polar surface area (TPSA) is 49.8 Å². The van der Waals surface area contributed by atoms with Gasteiger partial charge in [0.05, 0.1) is 6.73 Å². The molecule has 1 aliphatic heterocycles. The van der Waals surface area contributed by atoms with E-state index in [1.807, 2.05) is 20.8 Å². The molecule has 15 heavy (non-hydrogen) atoms. The largest absolute Gasteiger partial charge is 0.462 e. The Morgan fingerprint density at radius 1 is 1.27 bits per heavy atom. The highest BCUT2D eigenvalue weighted by molar-refractivity contribution is 5.37. The van der Waals surface area contributed by atoms with Crippen molar-refractivity contribution < 1.29 is 14.6 Å². The van der Waals surface area contributed by atoms with Crippen molar-refractivity contribution in [1.82, 2.24) is 4.90 Å². The van der Waals surface area contributed by atoms with Crippen molar-refractivity contribution >= 4 is 6.47 Å². The van der Waals surface area contributed by atoms with E-state index in [2.05, 4.69) is 9.64 Å². The first-order valence-corrected chi connectivity index (χ1v) is 5.44. The molecule has 0 spiro atoms. The molecule has 0 aromatic carbocycles. The number of rotatable bonds is 2. The summed E-state index contributed by atoms with van der Waals surface area (Å²) in [6.07, 6.45) is 3.87. The van der Waals surface area contributed by atoms with Gasteiger partial charge < -0.3 is 9.84 Å². The van der Waals surface area contributed by atoms with Gasteiger partial charge >= 0.3 is 0 Å². The molecule has 0 aromatic heterocycles. The van der Waals surface area contributed by atoms with Gasteiger partial charge in [0.15, 0.2) is 0 Å². The number of carbonyl (C=O) groups excluding carboxylic acids is 1.